The Morgan fingerprint density at radius 3 is 2.30 bits per heavy atom. The first-order valence-corrected chi connectivity index (χ1v) is 10.3. The van der Waals surface area contributed by atoms with Gasteiger partial charge in [-0.25, -0.2) is 8.42 Å². The Balaban J connectivity index is 1.96. The molecule has 0 atom stereocenters. The first-order chi connectivity index (χ1) is 10.8. The number of thiophene rings is 2. The molecule has 6 heteroatoms. The molecule has 0 unspecified atom stereocenters. The molecule has 3 nitrogen and oxygen atoms in total. The zero-order valence-electron chi connectivity index (χ0n) is 13.1. The van der Waals surface area contributed by atoms with E-state index in [0.29, 0.717) is 9.90 Å². The number of hydrogen-bond donors (Lipinski definition) is 1. The van der Waals surface area contributed by atoms with Crippen LogP contribution in [0.2, 0.25) is 0 Å². The minimum absolute atomic E-state index is 0.339. The van der Waals surface area contributed by atoms with Gasteiger partial charge in [-0.05, 0) is 67.1 Å². The van der Waals surface area contributed by atoms with Crippen molar-refractivity contribution in [3.63, 3.8) is 0 Å². The van der Waals surface area contributed by atoms with Crippen molar-refractivity contribution in [1.29, 1.82) is 0 Å². The average molecular weight is 364 g/mol. The summed E-state index contributed by atoms with van der Waals surface area (Å²) in [7, 11) is -3.54. The summed E-state index contributed by atoms with van der Waals surface area (Å²) < 4.78 is 28.1. The summed E-state index contributed by atoms with van der Waals surface area (Å²) in [4.78, 5) is 2.21. The highest BCUT2D eigenvalue weighted by atomic mass is 32.2. The summed E-state index contributed by atoms with van der Waals surface area (Å²) in [5.74, 6) is 0. The number of rotatable bonds is 4. The molecule has 1 N–H and O–H groups in total. The van der Waals surface area contributed by atoms with Crippen LogP contribution in [0, 0.1) is 20.8 Å². The smallest absolute Gasteiger partial charge is 0.271 e. The van der Waals surface area contributed by atoms with E-state index in [4.69, 9.17) is 0 Å². The lowest BCUT2D eigenvalue weighted by atomic mass is 10.1. The van der Waals surface area contributed by atoms with Gasteiger partial charge in [-0.15, -0.1) is 22.7 Å². The van der Waals surface area contributed by atoms with Crippen LogP contribution in [-0.4, -0.2) is 8.42 Å². The van der Waals surface area contributed by atoms with E-state index in [1.165, 1.54) is 16.2 Å². The van der Waals surface area contributed by atoms with E-state index in [1.807, 2.05) is 38.1 Å². The second-order valence-electron chi connectivity index (χ2n) is 5.45. The van der Waals surface area contributed by atoms with Gasteiger partial charge in [0.1, 0.15) is 4.21 Å². The maximum absolute atomic E-state index is 12.5. The number of nitrogens with one attached hydrogen (secondary N) is 1. The van der Waals surface area contributed by atoms with E-state index in [1.54, 1.807) is 17.4 Å². The van der Waals surface area contributed by atoms with Gasteiger partial charge in [0, 0.05) is 9.75 Å². The molecule has 0 aliphatic rings. The topological polar surface area (TPSA) is 46.2 Å². The van der Waals surface area contributed by atoms with E-state index in [2.05, 4.69) is 23.1 Å². The number of aryl methyl sites for hydroxylation is 3. The predicted molar refractivity (Wildman–Crippen MR) is 99.1 cm³/mol. The van der Waals surface area contributed by atoms with E-state index in [9.17, 15) is 8.42 Å². The molecule has 0 bridgehead atoms. The maximum atomic E-state index is 12.5. The average Bonchev–Trinajstić information content (AvgIpc) is 3.10. The predicted octanol–water partition coefficient (Wildman–Crippen LogP) is 5.20. The highest BCUT2D eigenvalue weighted by Crippen LogP contribution is 2.31. The first-order valence-electron chi connectivity index (χ1n) is 7.10. The van der Waals surface area contributed by atoms with Crippen LogP contribution in [0.1, 0.15) is 15.3 Å². The van der Waals surface area contributed by atoms with Gasteiger partial charge >= 0.3 is 0 Å². The summed E-state index contributed by atoms with van der Waals surface area (Å²) >= 11 is 2.96. The maximum Gasteiger partial charge on any atom is 0.271 e. The molecule has 120 valence electrons. The fourth-order valence-electron chi connectivity index (χ4n) is 2.26. The van der Waals surface area contributed by atoms with Gasteiger partial charge in [0.25, 0.3) is 10.0 Å². The second-order valence-corrected chi connectivity index (χ2v) is 9.76. The van der Waals surface area contributed by atoms with Crippen LogP contribution >= 0.6 is 22.7 Å². The van der Waals surface area contributed by atoms with Crippen LogP contribution in [0.3, 0.4) is 0 Å². The molecular formula is C17H17NO2S3. The summed E-state index contributed by atoms with van der Waals surface area (Å²) in [6.45, 7) is 5.86. The summed E-state index contributed by atoms with van der Waals surface area (Å²) in [5.41, 5.74) is 3.65. The zero-order valence-corrected chi connectivity index (χ0v) is 15.5. The van der Waals surface area contributed by atoms with Gasteiger partial charge in [-0.1, -0.05) is 12.1 Å². The molecule has 2 aromatic heterocycles. The molecule has 0 fully saturated rings. The van der Waals surface area contributed by atoms with Crippen LogP contribution in [-0.2, 0) is 10.0 Å². The number of hydrogen-bond acceptors (Lipinski definition) is 4. The standard InChI is InChI=1S/C17H17NO2S3/c1-11-4-6-14(15-8-13(3)21-10-15)9-16(11)18-23(19,20)17-7-5-12(2)22-17/h4-10,18H,1-3H3. The van der Waals surface area contributed by atoms with Crippen molar-refractivity contribution in [1.82, 2.24) is 0 Å². The van der Waals surface area contributed by atoms with Gasteiger partial charge in [0.2, 0.25) is 0 Å². The largest absolute Gasteiger partial charge is 0.279 e. The Morgan fingerprint density at radius 1 is 0.913 bits per heavy atom. The Kier molecular flexibility index (Phi) is 4.31. The van der Waals surface area contributed by atoms with E-state index in [-0.39, 0.29) is 0 Å². The molecule has 0 amide bonds. The normalized spacial score (nSPS) is 11.6. The lowest BCUT2D eigenvalue weighted by Crippen LogP contribution is -2.12. The highest BCUT2D eigenvalue weighted by molar-refractivity contribution is 7.94. The number of benzene rings is 1. The molecule has 0 aliphatic carbocycles. The Bertz CT molecular complexity index is 952. The third-order valence-electron chi connectivity index (χ3n) is 3.53. The van der Waals surface area contributed by atoms with Crippen molar-refractivity contribution in [3.05, 3.63) is 57.1 Å². The lowest BCUT2D eigenvalue weighted by Gasteiger charge is -2.11. The minimum atomic E-state index is -3.54. The van der Waals surface area contributed by atoms with E-state index < -0.39 is 10.0 Å². The van der Waals surface area contributed by atoms with Crippen molar-refractivity contribution in [3.8, 4) is 11.1 Å². The van der Waals surface area contributed by atoms with Crippen molar-refractivity contribution in [2.24, 2.45) is 0 Å². The highest BCUT2D eigenvalue weighted by Gasteiger charge is 2.17. The van der Waals surface area contributed by atoms with Gasteiger partial charge < -0.3 is 0 Å². The number of anilines is 1. The molecule has 0 saturated carbocycles. The van der Waals surface area contributed by atoms with E-state index >= 15 is 0 Å². The minimum Gasteiger partial charge on any atom is -0.279 e. The Hall–Kier alpha value is -1.63. The van der Waals surface area contributed by atoms with Crippen molar-refractivity contribution in [2.45, 2.75) is 25.0 Å². The fourth-order valence-corrected chi connectivity index (χ4v) is 5.37. The third kappa shape index (κ3) is 3.49. The van der Waals surface area contributed by atoms with Crippen molar-refractivity contribution in [2.75, 3.05) is 4.72 Å². The molecule has 3 aromatic rings. The molecule has 3 rings (SSSR count). The third-order valence-corrected chi connectivity index (χ3v) is 7.25. The van der Waals surface area contributed by atoms with Crippen molar-refractivity contribution < 1.29 is 8.42 Å². The molecule has 1 aromatic carbocycles. The first kappa shape index (κ1) is 16.2. The van der Waals surface area contributed by atoms with Gasteiger partial charge in [-0.3, -0.25) is 4.72 Å². The van der Waals surface area contributed by atoms with Gasteiger partial charge in [0.15, 0.2) is 0 Å². The second kappa shape index (κ2) is 6.11. The summed E-state index contributed by atoms with van der Waals surface area (Å²) in [6, 6.07) is 11.4. The van der Waals surface area contributed by atoms with Gasteiger partial charge in [0.05, 0.1) is 5.69 Å². The monoisotopic (exact) mass is 363 g/mol. The lowest BCUT2D eigenvalue weighted by molar-refractivity contribution is 0.603. The quantitative estimate of drug-likeness (QED) is 0.692. The molecule has 0 saturated heterocycles. The van der Waals surface area contributed by atoms with Crippen LogP contribution in [0.4, 0.5) is 5.69 Å². The fraction of sp³-hybridized carbons (Fsp3) is 0.176. The molecule has 0 spiro atoms. The molecular weight excluding hydrogens is 346 g/mol. The molecule has 23 heavy (non-hydrogen) atoms. The van der Waals surface area contributed by atoms with Crippen LogP contribution in [0.15, 0.2) is 46.0 Å². The van der Waals surface area contributed by atoms with Gasteiger partial charge in [-0.2, -0.15) is 0 Å². The zero-order chi connectivity index (χ0) is 16.6. The molecule has 0 radical (unpaired) electrons. The summed E-state index contributed by atoms with van der Waals surface area (Å²) in [5, 5.41) is 2.08. The summed E-state index contributed by atoms with van der Waals surface area (Å²) in [6.07, 6.45) is 0. The van der Waals surface area contributed by atoms with Crippen LogP contribution in [0.5, 0.6) is 0 Å². The van der Waals surface area contributed by atoms with Crippen LogP contribution in [0.25, 0.3) is 11.1 Å². The molecule has 0 aliphatic heterocycles. The Labute approximate surface area is 144 Å². The number of sulfonamides is 1. The van der Waals surface area contributed by atoms with Crippen LogP contribution < -0.4 is 4.72 Å². The Morgan fingerprint density at radius 2 is 1.70 bits per heavy atom. The SMILES string of the molecule is Cc1cc(-c2ccc(C)c(NS(=O)(=O)c3ccc(C)s3)c2)cs1. The van der Waals surface area contributed by atoms with E-state index in [0.717, 1.165) is 21.6 Å². The molecule has 2 heterocycles. The van der Waals surface area contributed by atoms with Crippen molar-refractivity contribution >= 4 is 38.4 Å².